The smallest absolute Gasteiger partial charge is 0.294 e. The zero-order chi connectivity index (χ0) is 15.0. The van der Waals surface area contributed by atoms with Gasteiger partial charge in [-0.05, 0) is 42.7 Å². The van der Waals surface area contributed by atoms with Crippen molar-refractivity contribution in [1.29, 1.82) is 0 Å². The molecule has 0 N–H and O–H groups in total. The Kier molecular flexibility index (Phi) is 3.72. The average Bonchev–Trinajstić information content (AvgIpc) is 2.99. The lowest BCUT2D eigenvalue weighted by molar-refractivity contribution is 0.0956. The Morgan fingerprint density at radius 1 is 1.38 bits per heavy atom. The first-order valence-corrected chi connectivity index (χ1v) is 7.37. The van der Waals surface area contributed by atoms with Crippen molar-refractivity contribution in [3.63, 3.8) is 0 Å². The second-order valence-corrected chi connectivity index (χ2v) is 5.44. The number of carbonyl (C=O) groups excluding carboxylic acids is 1. The molecule has 110 valence electrons. The number of carbonyl (C=O) groups is 1. The molecule has 0 fully saturated rings. The summed E-state index contributed by atoms with van der Waals surface area (Å²) in [6.45, 7) is 2.41. The van der Waals surface area contributed by atoms with Gasteiger partial charge in [-0.2, -0.15) is 0 Å². The maximum Gasteiger partial charge on any atom is 0.294 e. The fourth-order valence-corrected chi connectivity index (χ4v) is 2.90. The summed E-state index contributed by atoms with van der Waals surface area (Å²) in [7, 11) is 0. The van der Waals surface area contributed by atoms with Crippen molar-refractivity contribution in [2.45, 2.75) is 26.2 Å². The molecule has 0 unspecified atom stereocenters. The number of aryl methyl sites for hydroxylation is 1. The van der Waals surface area contributed by atoms with E-state index >= 15 is 0 Å². The third kappa shape index (κ3) is 2.44. The van der Waals surface area contributed by atoms with Crippen LogP contribution in [-0.4, -0.2) is 12.5 Å². The first kappa shape index (κ1) is 14.1. The molecule has 0 saturated heterocycles. The number of nitrogens with zero attached hydrogens (tertiary/aromatic N) is 1. The van der Waals surface area contributed by atoms with Gasteiger partial charge in [0.1, 0.15) is 11.6 Å². The van der Waals surface area contributed by atoms with Crippen molar-refractivity contribution in [2.75, 3.05) is 11.4 Å². The molecule has 2 aromatic rings. The summed E-state index contributed by atoms with van der Waals surface area (Å²) in [4.78, 5) is 14.0. The van der Waals surface area contributed by atoms with E-state index in [1.807, 2.05) is 6.92 Å². The van der Waals surface area contributed by atoms with E-state index in [1.54, 1.807) is 12.1 Å². The van der Waals surface area contributed by atoms with E-state index in [0.29, 0.717) is 30.0 Å². The number of benzene rings is 1. The Morgan fingerprint density at radius 3 is 2.90 bits per heavy atom. The first-order valence-electron chi connectivity index (χ1n) is 6.99. The van der Waals surface area contributed by atoms with E-state index in [0.717, 1.165) is 12.2 Å². The monoisotopic (exact) mass is 307 g/mol. The average molecular weight is 308 g/mol. The third-order valence-corrected chi connectivity index (χ3v) is 4.07. The van der Waals surface area contributed by atoms with Gasteiger partial charge in [-0.3, -0.25) is 4.79 Å². The van der Waals surface area contributed by atoms with Gasteiger partial charge in [-0.15, -0.1) is 0 Å². The number of halogens is 2. The molecule has 1 aliphatic rings. The summed E-state index contributed by atoms with van der Waals surface area (Å²) in [5.41, 5.74) is 0.978. The van der Waals surface area contributed by atoms with Gasteiger partial charge in [-0.25, -0.2) is 4.39 Å². The molecular formula is C16H15ClFNO2. The molecule has 0 aliphatic carbocycles. The Morgan fingerprint density at radius 2 is 2.19 bits per heavy atom. The van der Waals surface area contributed by atoms with Crippen LogP contribution >= 0.6 is 11.6 Å². The number of fused-ring (bicyclic) bond motifs is 1. The molecule has 0 radical (unpaired) electrons. The molecule has 0 bridgehead atoms. The number of hydrogen-bond acceptors (Lipinski definition) is 2. The summed E-state index contributed by atoms with van der Waals surface area (Å²) < 4.78 is 19.7. The van der Waals surface area contributed by atoms with E-state index in [4.69, 9.17) is 16.0 Å². The van der Waals surface area contributed by atoms with Gasteiger partial charge in [0.25, 0.3) is 5.91 Å². The van der Waals surface area contributed by atoms with E-state index in [2.05, 4.69) is 0 Å². The molecule has 0 spiro atoms. The Balaban J connectivity index is 2.02. The predicted octanol–water partition coefficient (Wildman–Crippen LogP) is 4.23. The van der Waals surface area contributed by atoms with Crippen LogP contribution in [0, 0.1) is 5.82 Å². The Labute approximate surface area is 127 Å². The third-order valence-electron chi connectivity index (χ3n) is 3.72. The van der Waals surface area contributed by atoms with Gasteiger partial charge in [0.05, 0.1) is 5.69 Å². The summed E-state index contributed by atoms with van der Waals surface area (Å²) >= 11 is 6.13. The molecule has 0 saturated carbocycles. The Bertz CT molecular complexity index is 696. The summed E-state index contributed by atoms with van der Waals surface area (Å²) in [5, 5.41) is 0.498. The zero-order valence-electron chi connectivity index (χ0n) is 11.7. The van der Waals surface area contributed by atoms with Crippen LogP contribution in [0.5, 0.6) is 0 Å². The number of anilines is 1. The largest absolute Gasteiger partial charge is 0.456 e. The fraction of sp³-hybridized carbons (Fsp3) is 0.312. The van der Waals surface area contributed by atoms with Gasteiger partial charge in [0, 0.05) is 18.0 Å². The van der Waals surface area contributed by atoms with Gasteiger partial charge in [-0.1, -0.05) is 18.5 Å². The number of rotatable bonds is 2. The molecule has 1 aromatic heterocycles. The van der Waals surface area contributed by atoms with E-state index < -0.39 is 5.82 Å². The van der Waals surface area contributed by atoms with Crippen LogP contribution < -0.4 is 4.90 Å². The lowest BCUT2D eigenvalue weighted by Crippen LogP contribution is -2.36. The lowest BCUT2D eigenvalue weighted by Gasteiger charge is -2.29. The van der Waals surface area contributed by atoms with E-state index in [1.165, 1.54) is 17.0 Å². The van der Waals surface area contributed by atoms with Gasteiger partial charge >= 0.3 is 0 Å². The van der Waals surface area contributed by atoms with Crippen molar-refractivity contribution < 1.29 is 13.6 Å². The number of hydrogen-bond donors (Lipinski definition) is 0. The quantitative estimate of drug-likeness (QED) is 0.832. The predicted molar refractivity (Wildman–Crippen MR) is 79.5 cm³/mol. The molecule has 3 nitrogen and oxygen atoms in total. The summed E-state index contributed by atoms with van der Waals surface area (Å²) in [5.74, 6) is 0.225. The molecule has 0 atom stereocenters. The van der Waals surface area contributed by atoms with Crippen molar-refractivity contribution in [3.8, 4) is 0 Å². The second kappa shape index (κ2) is 5.53. The van der Waals surface area contributed by atoms with Crippen molar-refractivity contribution >= 4 is 23.2 Å². The highest BCUT2D eigenvalue weighted by Gasteiger charge is 2.29. The molecule has 1 amide bonds. The van der Waals surface area contributed by atoms with Crippen LogP contribution in [0.2, 0.25) is 5.02 Å². The summed E-state index contributed by atoms with van der Waals surface area (Å²) in [6.07, 6.45) is 2.14. The first-order chi connectivity index (χ1) is 10.1. The highest BCUT2D eigenvalue weighted by Crippen LogP contribution is 2.35. The normalized spacial score (nSPS) is 14.1. The van der Waals surface area contributed by atoms with Crippen LogP contribution in [0.1, 0.15) is 35.2 Å². The highest BCUT2D eigenvalue weighted by atomic mass is 35.5. The van der Waals surface area contributed by atoms with Crippen molar-refractivity contribution in [1.82, 2.24) is 0 Å². The van der Waals surface area contributed by atoms with Gasteiger partial charge in [0.2, 0.25) is 0 Å². The SMILES string of the molecule is CCc1ccc(C(=O)N2CCCc3c(Cl)ccc(F)c32)o1. The van der Waals surface area contributed by atoms with Crippen molar-refractivity contribution in [2.24, 2.45) is 0 Å². The van der Waals surface area contributed by atoms with Crippen LogP contribution in [0.25, 0.3) is 0 Å². The second-order valence-electron chi connectivity index (χ2n) is 5.04. The molecular weight excluding hydrogens is 293 g/mol. The molecule has 5 heteroatoms. The zero-order valence-corrected chi connectivity index (χ0v) is 12.4. The van der Waals surface area contributed by atoms with E-state index in [-0.39, 0.29) is 17.4 Å². The molecule has 1 aromatic carbocycles. The van der Waals surface area contributed by atoms with Crippen molar-refractivity contribution in [3.05, 3.63) is 52.2 Å². The number of amides is 1. The molecule has 21 heavy (non-hydrogen) atoms. The standard InChI is InChI=1S/C16H15ClFNO2/c1-2-10-5-8-14(21-10)16(20)19-9-3-4-11-12(17)6-7-13(18)15(11)19/h5-8H,2-4,9H2,1H3. The minimum absolute atomic E-state index is 0.235. The van der Waals surface area contributed by atoms with Crippen LogP contribution in [0.15, 0.2) is 28.7 Å². The van der Waals surface area contributed by atoms with Gasteiger partial charge in [0.15, 0.2) is 5.76 Å². The fourth-order valence-electron chi connectivity index (χ4n) is 2.66. The highest BCUT2D eigenvalue weighted by molar-refractivity contribution is 6.32. The minimum Gasteiger partial charge on any atom is -0.456 e. The van der Waals surface area contributed by atoms with Gasteiger partial charge < -0.3 is 9.32 Å². The van der Waals surface area contributed by atoms with Crippen LogP contribution in [0.4, 0.5) is 10.1 Å². The maximum atomic E-state index is 14.2. The van der Waals surface area contributed by atoms with E-state index in [9.17, 15) is 9.18 Å². The molecule has 3 rings (SSSR count). The summed E-state index contributed by atoms with van der Waals surface area (Å²) in [6, 6.07) is 6.24. The molecule has 2 heterocycles. The van der Waals surface area contributed by atoms with Crippen LogP contribution in [0.3, 0.4) is 0 Å². The maximum absolute atomic E-state index is 14.2. The lowest BCUT2D eigenvalue weighted by atomic mass is 10.0. The van der Waals surface area contributed by atoms with Crippen LogP contribution in [-0.2, 0) is 12.8 Å². The Hall–Kier alpha value is -1.81. The minimum atomic E-state index is -0.426. The molecule has 1 aliphatic heterocycles. The number of furan rings is 1. The topological polar surface area (TPSA) is 33.5 Å².